The molecule has 2 N–H and O–H groups in total. The molecule has 0 saturated heterocycles. The fourth-order valence-electron chi connectivity index (χ4n) is 2.44. The van der Waals surface area contributed by atoms with Gasteiger partial charge in [0.1, 0.15) is 0 Å². The summed E-state index contributed by atoms with van der Waals surface area (Å²) in [4.78, 5) is 14.6. The van der Waals surface area contributed by atoms with Gasteiger partial charge in [0.2, 0.25) is 5.91 Å². The molecular formula is C12H22N2OS. The molecule has 92 valence electrons. The van der Waals surface area contributed by atoms with E-state index in [2.05, 4.69) is 6.92 Å². The fraction of sp³-hybridized carbons (Fsp3) is 0.833. The standard InChI is InChI=1S/C12H22N2OS/c1-3-14(9-10(13)16)11(15)12(2)7-5-4-6-8-12/h3-9H2,1-2H3,(H2,13,16). The molecule has 1 fully saturated rings. The average molecular weight is 242 g/mol. The van der Waals surface area contributed by atoms with Crippen LogP contribution in [0.25, 0.3) is 0 Å². The number of hydrogen-bond donors (Lipinski definition) is 1. The predicted molar refractivity (Wildman–Crippen MR) is 70.2 cm³/mol. The van der Waals surface area contributed by atoms with Crippen LogP contribution >= 0.6 is 12.2 Å². The Bertz CT molecular complexity index is 272. The zero-order valence-corrected chi connectivity index (χ0v) is 11.1. The first-order valence-corrected chi connectivity index (χ1v) is 6.48. The number of amides is 1. The van der Waals surface area contributed by atoms with Gasteiger partial charge in [-0.3, -0.25) is 4.79 Å². The number of nitrogens with zero attached hydrogens (tertiary/aromatic N) is 1. The van der Waals surface area contributed by atoms with Crippen LogP contribution in [0, 0.1) is 5.41 Å². The van der Waals surface area contributed by atoms with E-state index < -0.39 is 0 Å². The van der Waals surface area contributed by atoms with Crippen molar-refractivity contribution >= 4 is 23.1 Å². The highest BCUT2D eigenvalue weighted by molar-refractivity contribution is 7.80. The lowest BCUT2D eigenvalue weighted by Crippen LogP contribution is -2.46. The van der Waals surface area contributed by atoms with Gasteiger partial charge in [-0.25, -0.2) is 0 Å². The summed E-state index contributed by atoms with van der Waals surface area (Å²) in [5, 5.41) is 0. The second kappa shape index (κ2) is 5.62. The Kier molecular flexibility index (Phi) is 4.71. The third kappa shape index (κ3) is 3.17. The Morgan fingerprint density at radius 3 is 2.38 bits per heavy atom. The van der Waals surface area contributed by atoms with Crippen molar-refractivity contribution in [3.8, 4) is 0 Å². The molecule has 0 aromatic rings. The van der Waals surface area contributed by atoms with Crippen molar-refractivity contribution in [3.05, 3.63) is 0 Å². The first kappa shape index (κ1) is 13.4. The van der Waals surface area contributed by atoms with Crippen LogP contribution in [-0.2, 0) is 4.79 Å². The van der Waals surface area contributed by atoms with E-state index in [0.29, 0.717) is 18.1 Å². The van der Waals surface area contributed by atoms with Gasteiger partial charge in [-0.1, -0.05) is 38.4 Å². The molecule has 0 aromatic carbocycles. The molecule has 0 aliphatic heterocycles. The largest absolute Gasteiger partial charge is 0.392 e. The average Bonchev–Trinajstić information content (AvgIpc) is 2.25. The molecule has 0 heterocycles. The normalized spacial score (nSPS) is 19.1. The van der Waals surface area contributed by atoms with Crippen LogP contribution in [0.1, 0.15) is 46.0 Å². The van der Waals surface area contributed by atoms with Crippen molar-refractivity contribution in [2.45, 2.75) is 46.0 Å². The Morgan fingerprint density at radius 2 is 1.94 bits per heavy atom. The quantitative estimate of drug-likeness (QED) is 0.768. The summed E-state index contributed by atoms with van der Waals surface area (Å²) in [6.45, 7) is 5.16. The van der Waals surface area contributed by atoms with E-state index in [4.69, 9.17) is 18.0 Å². The maximum absolute atomic E-state index is 12.4. The minimum Gasteiger partial charge on any atom is -0.392 e. The lowest BCUT2D eigenvalue weighted by Gasteiger charge is -2.36. The smallest absolute Gasteiger partial charge is 0.228 e. The van der Waals surface area contributed by atoms with Gasteiger partial charge in [0.05, 0.1) is 11.5 Å². The van der Waals surface area contributed by atoms with Crippen LogP contribution < -0.4 is 5.73 Å². The summed E-state index contributed by atoms with van der Waals surface area (Å²) in [6, 6.07) is 0. The number of thiocarbonyl (C=S) groups is 1. The summed E-state index contributed by atoms with van der Waals surface area (Å²) in [6.07, 6.45) is 5.57. The van der Waals surface area contributed by atoms with Crippen molar-refractivity contribution in [2.24, 2.45) is 11.1 Å². The van der Waals surface area contributed by atoms with Gasteiger partial charge in [0.15, 0.2) is 0 Å². The van der Waals surface area contributed by atoms with Gasteiger partial charge in [-0.05, 0) is 19.8 Å². The van der Waals surface area contributed by atoms with Crippen LogP contribution in [0.5, 0.6) is 0 Å². The summed E-state index contributed by atoms with van der Waals surface area (Å²) in [5.41, 5.74) is 5.34. The Hall–Kier alpha value is -0.640. The van der Waals surface area contributed by atoms with Crippen LogP contribution in [0.3, 0.4) is 0 Å². The Labute approximate surface area is 103 Å². The third-order valence-corrected chi connectivity index (χ3v) is 3.62. The molecule has 3 nitrogen and oxygen atoms in total. The number of rotatable bonds is 4. The lowest BCUT2D eigenvalue weighted by atomic mass is 9.74. The highest BCUT2D eigenvalue weighted by Gasteiger charge is 2.37. The van der Waals surface area contributed by atoms with E-state index in [-0.39, 0.29) is 11.3 Å². The zero-order valence-electron chi connectivity index (χ0n) is 10.3. The summed E-state index contributed by atoms with van der Waals surface area (Å²) in [7, 11) is 0. The molecule has 0 unspecified atom stereocenters. The molecule has 0 aromatic heterocycles. The van der Waals surface area contributed by atoms with E-state index in [1.54, 1.807) is 4.90 Å². The number of carbonyl (C=O) groups excluding carboxylic acids is 1. The van der Waals surface area contributed by atoms with Gasteiger partial charge in [0.25, 0.3) is 0 Å². The molecule has 0 spiro atoms. The van der Waals surface area contributed by atoms with Gasteiger partial charge in [0, 0.05) is 12.0 Å². The van der Waals surface area contributed by atoms with Crippen LogP contribution in [0.2, 0.25) is 0 Å². The Morgan fingerprint density at radius 1 is 1.38 bits per heavy atom. The summed E-state index contributed by atoms with van der Waals surface area (Å²) >= 11 is 4.88. The number of likely N-dealkylation sites (N-methyl/N-ethyl adjacent to an activating group) is 1. The van der Waals surface area contributed by atoms with Crippen LogP contribution in [0.15, 0.2) is 0 Å². The minimum absolute atomic E-state index is 0.182. The van der Waals surface area contributed by atoms with E-state index in [1.165, 1.54) is 6.42 Å². The molecule has 1 amide bonds. The molecule has 0 bridgehead atoms. The van der Waals surface area contributed by atoms with E-state index >= 15 is 0 Å². The Balaban J connectivity index is 2.68. The van der Waals surface area contributed by atoms with Crippen molar-refractivity contribution in [1.82, 2.24) is 4.90 Å². The van der Waals surface area contributed by atoms with Crippen molar-refractivity contribution < 1.29 is 4.79 Å². The van der Waals surface area contributed by atoms with E-state index in [0.717, 1.165) is 25.7 Å². The SMILES string of the molecule is CCN(CC(N)=S)C(=O)C1(C)CCCCC1. The van der Waals surface area contributed by atoms with Gasteiger partial charge in [-0.2, -0.15) is 0 Å². The first-order chi connectivity index (χ1) is 7.49. The zero-order chi connectivity index (χ0) is 12.2. The topological polar surface area (TPSA) is 46.3 Å². The minimum atomic E-state index is -0.182. The summed E-state index contributed by atoms with van der Waals surface area (Å²) < 4.78 is 0. The second-order valence-corrected chi connectivity index (χ2v) is 5.43. The number of nitrogens with two attached hydrogens (primary N) is 1. The number of hydrogen-bond acceptors (Lipinski definition) is 2. The van der Waals surface area contributed by atoms with Gasteiger partial charge in [-0.15, -0.1) is 0 Å². The molecule has 1 aliphatic carbocycles. The molecule has 4 heteroatoms. The monoisotopic (exact) mass is 242 g/mol. The highest BCUT2D eigenvalue weighted by Crippen LogP contribution is 2.37. The molecule has 16 heavy (non-hydrogen) atoms. The maximum Gasteiger partial charge on any atom is 0.228 e. The van der Waals surface area contributed by atoms with Gasteiger partial charge < -0.3 is 10.6 Å². The third-order valence-electron chi connectivity index (χ3n) is 3.49. The second-order valence-electron chi connectivity index (χ2n) is 4.91. The predicted octanol–water partition coefficient (Wildman–Crippen LogP) is 2.09. The molecule has 0 radical (unpaired) electrons. The van der Waals surface area contributed by atoms with E-state index in [1.807, 2.05) is 6.92 Å². The van der Waals surface area contributed by atoms with Crippen molar-refractivity contribution in [1.29, 1.82) is 0 Å². The molecule has 1 saturated carbocycles. The fourth-order valence-corrected chi connectivity index (χ4v) is 2.60. The van der Waals surface area contributed by atoms with Crippen molar-refractivity contribution in [3.63, 3.8) is 0 Å². The molecule has 1 aliphatic rings. The number of carbonyl (C=O) groups is 1. The van der Waals surface area contributed by atoms with Crippen LogP contribution in [-0.4, -0.2) is 28.9 Å². The highest BCUT2D eigenvalue weighted by atomic mass is 32.1. The van der Waals surface area contributed by atoms with Crippen LogP contribution in [0.4, 0.5) is 0 Å². The molecular weight excluding hydrogens is 220 g/mol. The lowest BCUT2D eigenvalue weighted by molar-refractivity contribution is -0.142. The van der Waals surface area contributed by atoms with E-state index in [9.17, 15) is 4.79 Å². The molecule has 1 rings (SSSR count). The summed E-state index contributed by atoms with van der Waals surface area (Å²) in [5.74, 6) is 0.225. The molecule has 0 atom stereocenters. The van der Waals surface area contributed by atoms with Gasteiger partial charge >= 0.3 is 0 Å². The van der Waals surface area contributed by atoms with Crippen molar-refractivity contribution in [2.75, 3.05) is 13.1 Å². The first-order valence-electron chi connectivity index (χ1n) is 6.07. The maximum atomic E-state index is 12.4.